The van der Waals surface area contributed by atoms with Crippen LogP contribution >= 0.6 is 15.9 Å². The molecule has 0 aliphatic heterocycles. The fourth-order valence-electron chi connectivity index (χ4n) is 3.31. The molecule has 1 unspecified atom stereocenters. The number of esters is 1. The van der Waals surface area contributed by atoms with Crippen molar-refractivity contribution in [1.82, 2.24) is 16.0 Å². The van der Waals surface area contributed by atoms with Crippen molar-refractivity contribution in [3.8, 4) is 5.75 Å². The molecule has 12 nitrogen and oxygen atoms in total. The number of halogens is 1. The fourth-order valence-corrected chi connectivity index (χ4v) is 3.54. The van der Waals surface area contributed by atoms with Gasteiger partial charge in [0.2, 0.25) is 17.7 Å². The molecule has 1 aromatic rings. The van der Waals surface area contributed by atoms with Gasteiger partial charge in [0.1, 0.15) is 11.8 Å². The van der Waals surface area contributed by atoms with E-state index in [0.29, 0.717) is 48.0 Å². The van der Waals surface area contributed by atoms with E-state index in [9.17, 15) is 24.0 Å². The Balaban J connectivity index is 2.51. The van der Waals surface area contributed by atoms with Crippen molar-refractivity contribution in [3.63, 3.8) is 0 Å². The molecule has 0 spiro atoms. The number of rotatable bonds is 18. The molecule has 0 radical (unpaired) electrons. The van der Waals surface area contributed by atoms with Gasteiger partial charge in [-0.2, -0.15) is 0 Å². The van der Waals surface area contributed by atoms with Crippen LogP contribution in [0.15, 0.2) is 30.4 Å². The molecule has 0 heterocycles. The van der Waals surface area contributed by atoms with Gasteiger partial charge in [0.25, 0.3) is 0 Å². The topological polar surface area (TPSA) is 178 Å². The summed E-state index contributed by atoms with van der Waals surface area (Å²) in [6.07, 6.45) is 2.63. The number of urea groups is 1. The summed E-state index contributed by atoms with van der Waals surface area (Å²) in [5.74, 6) is -1.16. The number of aryl methyl sites for hydroxylation is 1. The molecular weight excluding hydrogens is 574 g/mol. The predicted octanol–water partition coefficient (Wildman–Crippen LogP) is 2.05. The van der Waals surface area contributed by atoms with E-state index < -0.39 is 29.9 Å². The van der Waals surface area contributed by atoms with E-state index in [1.807, 2.05) is 6.92 Å². The summed E-state index contributed by atoms with van der Waals surface area (Å²) in [5, 5.41) is 10.7. The highest BCUT2D eigenvalue weighted by Crippen LogP contribution is 2.22. The van der Waals surface area contributed by atoms with E-state index in [-0.39, 0.29) is 38.4 Å². The van der Waals surface area contributed by atoms with Gasteiger partial charge < -0.3 is 36.5 Å². The number of hydrogen-bond acceptors (Lipinski definition) is 7. The van der Waals surface area contributed by atoms with E-state index >= 15 is 0 Å². The third kappa shape index (κ3) is 14.2. The molecule has 39 heavy (non-hydrogen) atoms. The molecule has 1 atom stereocenters. The minimum atomic E-state index is -0.917. The van der Waals surface area contributed by atoms with Crippen LogP contribution in [0.5, 0.6) is 5.75 Å². The number of benzene rings is 1. The molecule has 216 valence electrons. The molecule has 6 N–H and O–H groups in total. The second-order valence-electron chi connectivity index (χ2n) is 8.69. The number of amides is 5. The van der Waals surface area contributed by atoms with Gasteiger partial charge in [0.05, 0.1) is 20.3 Å². The van der Waals surface area contributed by atoms with Gasteiger partial charge in [-0.1, -0.05) is 28.6 Å². The Kier molecular flexibility index (Phi) is 15.9. The van der Waals surface area contributed by atoms with Gasteiger partial charge in [-0.25, -0.2) is 9.59 Å². The number of primary amides is 1. The Hall–Kier alpha value is -3.61. The Morgan fingerprint density at radius 2 is 1.79 bits per heavy atom. The quantitative estimate of drug-likeness (QED) is 0.0729. The molecule has 5 amide bonds. The number of hydrogen-bond donors (Lipinski definition) is 5. The lowest BCUT2D eigenvalue weighted by Gasteiger charge is -2.19. The summed E-state index contributed by atoms with van der Waals surface area (Å²) in [7, 11) is 1.53. The summed E-state index contributed by atoms with van der Waals surface area (Å²) < 4.78 is 10.3. The van der Waals surface area contributed by atoms with Crippen LogP contribution in [-0.4, -0.2) is 67.9 Å². The molecule has 1 aromatic carbocycles. The maximum absolute atomic E-state index is 12.9. The average molecular weight is 613 g/mol. The molecule has 0 aliphatic rings. The first-order valence-corrected chi connectivity index (χ1v) is 13.6. The minimum Gasteiger partial charge on any atom is -0.496 e. The summed E-state index contributed by atoms with van der Waals surface area (Å²) in [5.41, 5.74) is 6.80. The van der Waals surface area contributed by atoms with Crippen LogP contribution in [0.4, 0.5) is 10.5 Å². The summed E-state index contributed by atoms with van der Waals surface area (Å²) in [4.78, 5) is 59.9. The van der Waals surface area contributed by atoms with E-state index in [4.69, 9.17) is 15.2 Å². The molecule has 0 saturated heterocycles. The Morgan fingerprint density at radius 1 is 1.05 bits per heavy atom. The Labute approximate surface area is 236 Å². The third-order valence-electron chi connectivity index (χ3n) is 5.47. The number of methoxy groups -OCH3 is 1. The molecule has 1 rings (SSSR count). The van der Waals surface area contributed by atoms with E-state index in [0.717, 1.165) is 5.56 Å². The van der Waals surface area contributed by atoms with Crippen LogP contribution < -0.4 is 31.7 Å². The average Bonchev–Trinajstić information content (AvgIpc) is 2.91. The molecule has 0 bridgehead atoms. The largest absolute Gasteiger partial charge is 0.496 e. The van der Waals surface area contributed by atoms with Crippen molar-refractivity contribution in [2.75, 3.05) is 37.5 Å². The van der Waals surface area contributed by atoms with Gasteiger partial charge >= 0.3 is 12.0 Å². The minimum absolute atomic E-state index is 0.202. The normalized spacial score (nSPS) is 11.1. The number of anilines is 1. The van der Waals surface area contributed by atoms with Crippen LogP contribution in [0, 0.1) is 6.92 Å². The molecule has 13 heteroatoms. The van der Waals surface area contributed by atoms with Gasteiger partial charge in [0, 0.05) is 35.6 Å². The lowest BCUT2D eigenvalue weighted by atomic mass is 10.1. The van der Waals surface area contributed by atoms with Crippen molar-refractivity contribution in [2.24, 2.45) is 5.73 Å². The highest BCUT2D eigenvalue weighted by Gasteiger charge is 2.21. The number of ether oxygens (including phenoxy) is 2. The van der Waals surface area contributed by atoms with Crippen LogP contribution in [0.25, 0.3) is 0 Å². The molecular formula is C26H38BrN5O7. The molecule has 0 aliphatic carbocycles. The highest BCUT2D eigenvalue weighted by atomic mass is 79.9. The monoisotopic (exact) mass is 611 g/mol. The Bertz CT molecular complexity index is 1020. The number of alkyl halides is 1. The summed E-state index contributed by atoms with van der Waals surface area (Å²) in [6, 6.07) is 3.58. The number of carbonyl (C=O) groups is 5. The SMILES string of the molecule is C=C(CBr)C(=O)OCCCCCC(=O)NCC(=O)NC(CCCNC(N)=O)C(=O)Nc1ccc(C)c(OC)c1. The molecule has 0 aromatic heterocycles. The number of carbonyl (C=O) groups excluding carboxylic acids is 5. The van der Waals surface area contributed by atoms with Crippen LogP contribution in [0.3, 0.4) is 0 Å². The van der Waals surface area contributed by atoms with E-state index in [1.54, 1.807) is 18.2 Å². The first-order chi connectivity index (χ1) is 18.6. The number of nitrogens with one attached hydrogen (secondary N) is 4. The van der Waals surface area contributed by atoms with Crippen molar-refractivity contribution in [1.29, 1.82) is 0 Å². The second kappa shape index (κ2) is 18.6. The molecule has 0 fully saturated rings. The fraction of sp³-hybridized carbons (Fsp3) is 0.500. The highest BCUT2D eigenvalue weighted by molar-refractivity contribution is 9.09. The van der Waals surface area contributed by atoms with E-state index in [2.05, 4.69) is 43.8 Å². The van der Waals surface area contributed by atoms with Gasteiger partial charge in [-0.3, -0.25) is 14.4 Å². The Morgan fingerprint density at radius 3 is 2.46 bits per heavy atom. The number of unbranched alkanes of at least 4 members (excludes halogenated alkanes) is 2. The van der Waals surface area contributed by atoms with Crippen LogP contribution in [0.2, 0.25) is 0 Å². The lowest BCUT2D eigenvalue weighted by Crippen LogP contribution is -2.47. The van der Waals surface area contributed by atoms with Crippen LogP contribution in [-0.2, 0) is 23.9 Å². The van der Waals surface area contributed by atoms with Gasteiger partial charge in [0.15, 0.2) is 0 Å². The first kappa shape index (κ1) is 33.4. The zero-order valence-corrected chi connectivity index (χ0v) is 24.0. The zero-order valence-electron chi connectivity index (χ0n) is 22.4. The van der Waals surface area contributed by atoms with Crippen molar-refractivity contribution < 1.29 is 33.4 Å². The zero-order chi connectivity index (χ0) is 29.2. The second-order valence-corrected chi connectivity index (χ2v) is 9.25. The first-order valence-electron chi connectivity index (χ1n) is 12.5. The van der Waals surface area contributed by atoms with Crippen molar-refractivity contribution in [3.05, 3.63) is 35.9 Å². The lowest BCUT2D eigenvalue weighted by molar-refractivity contribution is -0.139. The smallest absolute Gasteiger partial charge is 0.334 e. The van der Waals surface area contributed by atoms with Gasteiger partial charge in [-0.15, -0.1) is 0 Å². The maximum Gasteiger partial charge on any atom is 0.334 e. The van der Waals surface area contributed by atoms with Crippen LogP contribution in [0.1, 0.15) is 44.1 Å². The maximum atomic E-state index is 12.9. The predicted molar refractivity (Wildman–Crippen MR) is 150 cm³/mol. The summed E-state index contributed by atoms with van der Waals surface area (Å²) >= 11 is 3.13. The van der Waals surface area contributed by atoms with Gasteiger partial charge in [-0.05, 0) is 50.7 Å². The number of nitrogens with two attached hydrogens (primary N) is 1. The van der Waals surface area contributed by atoms with Crippen molar-refractivity contribution in [2.45, 2.75) is 51.5 Å². The third-order valence-corrected chi connectivity index (χ3v) is 6.15. The molecule has 0 saturated carbocycles. The van der Waals surface area contributed by atoms with Crippen molar-refractivity contribution >= 4 is 51.3 Å². The standard InChI is InChI=1S/C26H38BrN5O7/c1-17-10-11-19(14-21(17)38-3)31-24(35)20(8-7-12-29-26(28)37)32-23(34)16-30-22(33)9-5-4-6-13-39-25(36)18(2)15-27/h10-11,14,20H,2,4-9,12-13,15-16H2,1,3H3,(H,30,33)(H,31,35)(H,32,34)(H3,28,29,37). The van der Waals surface area contributed by atoms with E-state index in [1.165, 1.54) is 7.11 Å². The summed E-state index contributed by atoms with van der Waals surface area (Å²) in [6.45, 7) is 5.61.